The van der Waals surface area contributed by atoms with Gasteiger partial charge in [-0.1, -0.05) is 0 Å². The van der Waals surface area contributed by atoms with Crippen LogP contribution in [0.25, 0.3) is 6.08 Å². The van der Waals surface area contributed by atoms with Crippen molar-refractivity contribution < 1.29 is 23.8 Å². The van der Waals surface area contributed by atoms with Crippen LogP contribution in [0.2, 0.25) is 0 Å². The molecule has 0 atom stereocenters. The van der Waals surface area contributed by atoms with E-state index in [0.717, 1.165) is 0 Å². The molecule has 0 radical (unpaired) electrons. The normalized spacial score (nSPS) is 10.9. The highest BCUT2D eigenvalue weighted by Gasteiger charge is 2.17. The highest BCUT2D eigenvalue weighted by atomic mass is 16.5. The summed E-state index contributed by atoms with van der Waals surface area (Å²) >= 11 is 0. The minimum Gasteiger partial charge on any atom is -0.497 e. The number of hydrogen-bond donors (Lipinski definition) is 0. The number of ketones is 1. The van der Waals surface area contributed by atoms with E-state index in [-0.39, 0.29) is 18.0 Å². The minimum absolute atomic E-state index is 0.0293. The van der Waals surface area contributed by atoms with Gasteiger partial charge in [0.05, 0.1) is 20.8 Å². The molecular formula is C15H18O5. The van der Waals surface area contributed by atoms with Gasteiger partial charge in [-0.05, 0) is 38.1 Å². The Kier molecular flexibility index (Phi) is 5.77. The second-order valence-corrected chi connectivity index (χ2v) is 3.94. The fourth-order valence-electron chi connectivity index (χ4n) is 1.62. The monoisotopic (exact) mass is 278 g/mol. The molecule has 0 heterocycles. The maximum atomic E-state index is 11.8. The standard InChI is InChI=1S/C15H18O5/c1-5-20-15(17)13(10(2)16)9-11-8-12(18-3)6-7-14(11)19-4/h6-9H,5H2,1-4H3. The Morgan fingerprint density at radius 1 is 1.20 bits per heavy atom. The summed E-state index contributed by atoms with van der Waals surface area (Å²) in [7, 11) is 3.05. The van der Waals surface area contributed by atoms with Crippen molar-refractivity contribution in [3.63, 3.8) is 0 Å². The summed E-state index contributed by atoms with van der Waals surface area (Å²) in [6, 6.07) is 5.11. The van der Waals surface area contributed by atoms with E-state index in [9.17, 15) is 9.59 Å². The van der Waals surface area contributed by atoms with Gasteiger partial charge in [0, 0.05) is 5.56 Å². The first-order valence-electron chi connectivity index (χ1n) is 6.15. The summed E-state index contributed by atoms with van der Waals surface area (Å²) in [6.07, 6.45) is 1.45. The van der Waals surface area contributed by atoms with Gasteiger partial charge in [-0.2, -0.15) is 0 Å². The Balaban J connectivity index is 3.28. The Morgan fingerprint density at radius 2 is 1.90 bits per heavy atom. The van der Waals surface area contributed by atoms with E-state index in [0.29, 0.717) is 17.1 Å². The number of esters is 1. The zero-order valence-electron chi connectivity index (χ0n) is 12.1. The molecule has 0 unspecified atom stereocenters. The van der Waals surface area contributed by atoms with Crippen LogP contribution in [0.5, 0.6) is 11.5 Å². The molecule has 0 aromatic heterocycles. The van der Waals surface area contributed by atoms with E-state index < -0.39 is 5.97 Å². The van der Waals surface area contributed by atoms with Crippen LogP contribution in [0, 0.1) is 0 Å². The summed E-state index contributed by atoms with van der Waals surface area (Å²) in [6.45, 7) is 3.20. The van der Waals surface area contributed by atoms with Crippen LogP contribution >= 0.6 is 0 Å². The second-order valence-electron chi connectivity index (χ2n) is 3.94. The molecule has 0 aliphatic carbocycles. The molecule has 0 spiro atoms. The Hall–Kier alpha value is -2.30. The number of methoxy groups -OCH3 is 2. The molecule has 5 heteroatoms. The van der Waals surface area contributed by atoms with Crippen molar-refractivity contribution in [3.8, 4) is 11.5 Å². The summed E-state index contributed by atoms with van der Waals surface area (Å²) in [5.41, 5.74) is 0.545. The molecule has 1 aromatic carbocycles. The van der Waals surface area contributed by atoms with Crippen molar-refractivity contribution in [1.82, 2.24) is 0 Å². The van der Waals surface area contributed by atoms with Gasteiger partial charge in [0.1, 0.15) is 17.1 Å². The number of benzene rings is 1. The van der Waals surface area contributed by atoms with Gasteiger partial charge in [-0.25, -0.2) is 4.79 Å². The molecule has 20 heavy (non-hydrogen) atoms. The third-order valence-electron chi connectivity index (χ3n) is 2.61. The lowest BCUT2D eigenvalue weighted by Crippen LogP contribution is -2.13. The van der Waals surface area contributed by atoms with Gasteiger partial charge in [0.25, 0.3) is 0 Å². The molecule has 1 aromatic rings. The molecule has 0 aliphatic heterocycles. The lowest BCUT2D eigenvalue weighted by molar-refractivity contribution is -0.139. The van der Waals surface area contributed by atoms with E-state index in [4.69, 9.17) is 14.2 Å². The molecule has 0 bridgehead atoms. The lowest BCUT2D eigenvalue weighted by Gasteiger charge is -2.09. The van der Waals surface area contributed by atoms with Gasteiger partial charge in [0.15, 0.2) is 5.78 Å². The highest BCUT2D eigenvalue weighted by Crippen LogP contribution is 2.26. The number of hydrogen-bond acceptors (Lipinski definition) is 5. The van der Waals surface area contributed by atoms with Crippen molar-refractivity contribution in [2.75, 3.05) is 20.8 Å². The SMILES string of the molecule is CCOC(=O)C(=Cc1cc(OC)ccc1OC)C(C)=O. The molecule has 0 saturated heterocycles. The van der Waals surface area contributed by atoms with Crippen LogP contribution in [0.15, 0.2) is 23.8 Å². The third-order valence-corrected chi connectivity index (χ3v) is 2.61. The van der Waals surface area contributed by atoms with Crippen LogP contribution in [-0.2, 0) is 14.3 Å². The number of carbonyl (C=O) groups is 2. The predicted molar refractivity (Wildman–Crippen MR) is 74.8 cm³/mol. The zero-order chi connectivity index (χ0) is 15.1. The molecule has 0 saturated carbocycles. The number of ether oxygens (including phenoxy) is 3. The summed E-state index contributed by atoms with van der Waals surface area (Å²) in [5, 5.41) is 0. The molecular weight excluding hydrogens is 260 g/mol. The largest absolute Gasteiger partial charge is 0.497 e. The number of carbonyl (C=O) groups excluding carboxylic acids is 2. The van der Waals surface area contributed by atoms with E-state index in [1.165, 1.54) is 27.2 Å². The predicted octanol–water partition coefficient (Wildman–Crippen LogP) is 2.24. The average Bonchev–Trinajstić information content (AvgIpc) is 2.44. The molecule has 0 amide bonds. The topological polar surface area (TPSA) is 61.8 Å². The minimum atomic E-state index is -0.648. The van der Waals surface area contributed by atoms with Gasteiger partial charge >= 0.3 is 5.97 Å². The molecule has 108 valence electrons. The Morgan fingerprint density at radius 3 is 2.40 bits per heavy atom. The first-order valence-corrected chi connectivity index (χ1v) is 6.15. The fraction of sp³-hybridized carbons (Fsp3) is 0.333. The molecule has 0 aliphatic rings. The van der Waals surface area contributed by atoms with Crippen molar-refractivity contribution in [2.24, 2.45) is 0 Å². The Labute approximate surface area is 118 Å². The molecule has 5 nitrogen and oxygen atoms in total. The lowest BCUT2D eigenvalue weighted by atomic mass is 10.1. The van der Waals surface area contributed by atoms with Crippen LogP contribution in [0.3, 0.4) is 0 Å². The second kappa shape index (κ2) is 7.33. The van der Waals surface area contributed by atoms with Crippen LogP contribution < -0.4 is 9.47 Å². The van der Waals surface area contributed by atoms with Crippen molar-refractivity contribution >= 4 is 17.8 Å². The number of Topliss-reactive ketones (excluding diaryl/α,β-unsaturated/α-hetero) is 1. The third kappa shape index (κ3) is 3.85. The van der Waals surface area contributed by atoms with Gasteiger partial charge < -0.3 is 14.2 Å². The van der Waals surface area contributed by atoms with Crippen molar-refractivity contribution in [2.45, 2.75) is 13.8 Å². The van der Waals surface area contributed by atoms with Crippen LogP contribution in [-0.4, -0.2) is 32.6 Å². The van der Waals surface area contributed by atoms with E-state index in [1.807, 2.05) is 0 Å². The number of rotatable bonds is 6. The zero-order valence-corrected chi connectivity index (χ0v) is 12.1. The van der Waals surface area contributed by atoms with Crippen molar-refractivity contribution in [1.29, 1.82) is 0 Å². The van der Waals surface area contributed by atoms with Crippen LogP contribution in [0.1, 0.15) is 19.4 Å². The molecule has 1 rings (SSSR count). The quantitative estimate of drug-likeness (QED) is 0.345. The molecule has 0 N–H and O–H groups in total. The van der Waals surface area contributed by atoms with Crippen molar-refractivity contribution in [3.05, 3.63) is 29.3 Å². The fourth-order valence-corrected chi connectivity index (χ4v) is 1.62. The first-order chi connectivity index (χ1) is 9.53. The van der Waals surface area contributed by atoms with E-state index in [2.05, 4.69) is 0 Å². The average molecular weight is 278 g/mol. The van der Waals surface area contributed by atoms with Gasteiger partial charge in [-0.15, -0.1) is 0 Å². The van der Waals surface area contributed by atoms with E-state index in [1.54, 1.807) is 25.1 Å². The summed E-state index contributed by atoms with van der Waals surface area (Å²) in [4.78, 5) is 23.3. The molecule has 0 fully saturated rings. The van der Waals surface area contributed by atoms with Gasteiger partial charge in [0.2, 0.25) is 0 Å². The van der Waals surface area contributed by atoms with E-state index >= 15 is 0 Å². The van der Waals surface area contributed by atoms with Crippen LogP contribution in [0.4, 0.5) is 0 Å². The maximum Gasteiger partial charge on any atom is 0.341 e. The maximum absolute atomic E-state index is 11.8. The highest BCUT2D eigenvalue weighted by molar-refractivity contribution is 6.19. The summed E-state index contributed by atoms with van der Waals surface area (Å²) in [5.74, 6) is 0.121. The Bertz CT molecular complexity index is 531. The summed E-state index contributed by atoms with van der Waals surface area (Å²) < 4.78 is 15.2. The first kappa shape index (κ1) is 15.8. The van der Waals surface area contributed by atoms with Gasteiger partial charge in [-0.3, -0.25) is 4.79 Å². The smallest absolute Gasteiger partial charge is 0.341 e.